The van der Waals surface area contributed by atoms with Gasteiger partial charge in [0, 0.05) is 11.4 Å². The number of amides is 3. The molecule has 1 aliphatic carbocycles. The van der Waals surface area contributed by atoms with Crippen LogP contribution < -0.4 is 16.0 Å². The van der Waals surface area contributed by atoms with Crippen LogP contribution in [0, 0.1) is 0 Å². The standard InChI is InChI=1S/C22H19N3O2/c26-21(14-23-22(27)25-17-7-2-1-3-8-17)24-18-10-11-20-16(13-18)12-15-6-4-5-9-19(15)20/h1-11,13H,12,14H2,(H,24,26)(H2,23,25,27). The lowest BCUT2D eigenvalue weighted by molar-refractivity contribution is -0.115. The molecule has 5 heteroatoms. The summed E-state index contributed by atoms with van der Waals surface area (Å²) in [7, 11) is 0. The van der Waals surface area contributed by atoms with E-state index in [1.54, 1.807) is 12.1 Å². The lowest BCUT2D eigenvalue weighted by atomic mass is 10.1. The highest BCUT2D eigenvalue weighted by atomic mass is 16.2. The summed E-state index contributed by atoms with van der Waals surface area (Å²) in [5.41, 5.74) is 6.37. The highest BCUT2D eigenvalue weighted by molar-refractivity contribution is 5.97. The molecular weight excluding hydrogens is 338 g/mol. The maximum Gasteiger partial charge on any atom is 0.319 e. The highest BCUT2D eigenvalue weighted by Gasteiger charge is 2.18. The van der Waals surface area contributed by atoms with Crippen LogP contribution in [0.5, 0.6) is 0 Å². The number of nitrogens with one attached hydrogen (secondary N) is 3. The Labute approximate surface area is 157 Å². The minimum atomic E-state index is -0.416. The number of anilines is 2. The molecule has 0 saturated carbocycles. The molecule has 3 N–H and O–H groups in total. The van der Waals surface area contributed by atoms with E-state index in [0.29, 0.717) is 5.69 Å². The first-order valence-corrected chi connectivity index (χ1v) is 8.80. The molecule has 0 radical (unpaired) electrons. The second-order valence-corrected chi connectivity index (χ2v) is 6.43. The topological polar surface area (TPSA) is 70.2 Å². The van der Waals surface area contributed by atoms with Crippen molar-refractivity contribution >= 4 is 23.3 Å². The lowest BCUT2D eigenvalue weighted by Gasteiger charge is -2.09. The number of carbonyl (C=O) groups is 2. The third kappa shape index (κ3) is 3.82. The van der Waals surface area contributed by atoms with E-state index in [-0.39, 0.29) is 12.5 Å². The van der Waals surface area contributed by atoms with Crippen molar-refractivity contribution in [3.8, 4) is 11.1 Å². The Bertz CT molecular complexity index is 999. The number of benzene rings is 3. The first-order valence-electron chi connectivity index (χ1n) is 8.80. The van der Waals surface area contributed by atoms with E-state index in [1.807, 2.05) is 48.5 Å². The van der Waals surface area contributed by atoms with Crippen molar-refractivity contribution in [1.82, 2.24) is 5.32 Å². The van der Waals surface area contributed by atoms with E-state index in [1.165, 1.54) is 22.3 Å². The van der Waals surface area contributed by atoms with Crippen molar-refractivity contribution in [2.75, 3.05) is 17.2 Å². The smallest absolute Gasteiger partial charge is 0.319 e. The van der Waals surface area contributed by atoms with E-state index in [2.05, 4.69) is 28.1 Å². The van der Waals surface area contributed by atoms with Gasteiger partial charge in [-0.05, 0) is 52.9 Å². The van der Waals surface area contributed by atoms with Gasteiger partial charge in [0.2, 0.25) is 5.91 Å². The van der Waals surface area contributed by atoms with Crippen LogP contribution >= 0.6 is 0 Å². The largest absolute Gasteiger partial charge is 0.329 e. The Balaban J connectivity index is 1.33. The monoisotopic (exact) mass is 357 g/mol. The molecule has 0 aromatic heterocycles. The fraction of sp³-hybridized carbons (Fsp3) is 0.0909. The average molecular weight is 357 g/mol. The van der Waals surface area contributed by atoms with Crippen molar-refractivity contribution in [2.45, 2.75) is 6.42 Å². The van der Waals surface area contributed by atoms with Crippen molar-refractivity contribution in [1.29, 1.82) is 0 Å². The summed E-state index contributed by atoms with van der Waals surface area (Å²) in [4.78, 5) is 24.0. The summed E-state index contributed by atoms with van der Waals surface area (Å²) < 4.78 is 0. The van der Waals surface area contributed by atoms with E-state index >= 15 is 0 Å². The van der Waals surface area contributed by atoms with Gasteiger partial charge in [-0.25, -0.2) is 4.79 Å². The third-order valence-corrected chi connectivity index (χ3v) is 4.52. The molecule has 27 heavy (non-hydrogen) atoms. The van der Waals surface area contributed by atoms with Crippen LogP contribution in [0.15, 0.2) is 72.8 Å². The molecule has 0 atom stereocenters. The SMILES string of the molecule is O=C(CNC(=O)Nc1ccccc1)Nc1ccc2c(c1)Cc1ccccc1-2. The van der Waals surface area contributed by atoms with Gasteiger partial charge in [-0.2, -0.15) is 0 Å². The molecule has 3 aromatic rings. The number of para-hydroxylation sites is 1. The molecule has 0 bridgehead atoms. The first-order chi connectivity index (χ1) is 13.2. The normalized spacial score (nSPS) is 11.3. The Morgan fingerprint density at radius 3 is 2.33 bits per heavy atom. The molecule has 0 heterocycles. The van der Waals surface area contributed by atoms with Crippen LogP contribution in [-0.4, -0.2) is 18.5 Å². The summed E-state index contributed by atoms with van der Waals surface area (Å²) in [6.45, 7) is -0.101. The average Bonchev–Trinajstić information content (AvgIpc) is 3.05. The zero-order valence-corrected chi connectivity index (χ0v) is 14.7. The maximum absolute atomic E-state index is 12.1. The van der Waals surface area contributed by atoms with Gasteiger partial charge in [0.05, 0.1) is 6.54 Å². The lowest BCUT2D eigenvalue weighted by Crippen LogP contribution is -2.35. The van der Waals surface area contributed by atoms with E-state index in [0.717, 1.165) is 12.1 Å². The Morgan fingerprint density at radius 2 is 1.48 bits per heavy atom. The fourth-order valence-corrected chi connectivity index (χ4v) is 3.29. The summed E-state index contributed by atoms with van der Waals surface area (Å²) in [6.07, 6.45) is 0.868. The van der Waals surface area contributed by atoms with Crippen molar-refractivity contribution in [3.05, 3.63) is 83.9 Å². The van der Waals surface area contributed by atoms with Crippen molar-refractivity contribution in [3.63, 3.8) is 0 Å². The summed E-state index contributed by atoms with van der Waals surface area (Å²) >= 11 is 0. The number of urea groups is 1. The van der Waals surface area contributed by atoms with Gasteiger partial charge in [-0.3, -0.25) is 4.79 Å². The minimum absolute atomic E-state index is 0.101. The molecule has 134 valence electrons. The molecule has 5 nitrogen and oxygen atoms in total. The van der Waals surface area contributed by atoms with E-state index in [4.69, 9.17) is 0 Å². The Kier molecular flexibility index (Phi) is 4.58. The zero-order valence-electron chi connectivity index (χ0n) is 14.7. The van der Waals surface area contributed by atoms with E-state index in [9.17, 15) is 9.59 Å². The molecule has 4 rings (SSSR count). The van der Waals surface area contributed by atoms with Crippen LogP contribution in [0.4, 0.5) is 16.2 Å². The Hall–Kier alpha value is -3.60. The van der Waals surface area contributed by atoms with Crippen LogP contribution in [-0.2, 0) is 11.2 Å². The molecule has 3 aromatic carbocycles. The molecule has 0 spiro atoms. The first kappa shape index (κ1) is 16.8. The molecule has 0 unspecified atom stereocenters. The summed E-state index contributed by atoms with van der Waals surface area (Å²) in [5, 5.41) is 8.07. The second kappa shape index (κ2) is 7.33. The zero-order chi connectivity index (χ0) is 18.6. The minimum Gasteiger partial charge on any atom is -0.329 e. The number of hydrogen-bond acceptors (Lipinski definition) is 2. The number of rotatable bonds is 4. The highest BCUT2D eigenvalue weighted by Crippen LogP contribution is 2.37. The Morgan fingerprint density at radius 1 is 0.741 bits per heavy atom. The van der Waals surface area contributed by atoms with E-state index < -0.39 is 6.03 Å². The van der Waals surface area contributed by atoms with Crippen LogP contribution in [0.1, 0.15) is 11.1 Å². The maximum atomic E-state index is 12.1. The van der Waals surface area contributed by atoms with Gasteiger partial charge in [0.25, 0.3) is 0 Å². The van der Waals surface area contributed by atoms with Crippen LogP contribution in [0.25, 0.3) is 11.1 Å². The third-order valence-electron chi connectivity index (χ3n) is 4.52. The molecular formula is C22H19N3O2. The molecule has 0 fully saturated rings. The van der Waals surface area contributed by atoms with Crippen LogP contribution in [0.3, 0.4) is 0 Å². The summed E-state index contributed by atoms with van der Waals surface area (Å²) in [5.74, 6) is -0.270. The predicted molar refractivity (Wildman–Crippen MR) is 107 cm³/mol. The van der Waals surface area contributed by atoms with Gasteiger partial charge in [-0.15, -0.1) is 0 Å². The molecule has 0 saturated heterocycles. The number of hydrogen-bond donors (Lipinski definition) is 3. The molecule has 1 aliphatic rings. The predicted octanol–water partition coefficient (Wildman–Crippen LogP) is 4.02. The number of carbonyl (C=O) groups excluding carboxylic acids is 2. The van der Waals surface area contributed by atoms with Gasteiger partial charge >= 0.3 is 6.03 Å². The fourth-order valence-electron chi connectivity index (χ4n) is 3.29. The molecule has 0 aliphatic heterocycles. The van der Waals surface area contributed by atoms with Crippen molar-refractivity contribution in [2.24, 2.45) is 0 Å². The second-order valence-electron chi connectivity index (χ2n) is 6.43. The van der Waals surface area contributed by atoms with Gasteiger partial charge in [-0.1, -0.05) is 48.5 Å². The molecule has 3 amide bonds. The van der Waals surface area contributed by atoms with Crippen molar-refractivity contribution < 1.29 is 9.59 Å². The summed E-state index contributed by atoms with van der Waals surface area (Å²) in [6, 6.07) is 22.9. The van der Waals surface area contributed by atoms with Gasteiger partial charge in [0.15, 0.2) is 0 Å². The van der Waals surface area contributed by atoms with Gasteiger partial charge in [0.1, 0.15) is 0 Å². The number of fused-ring (bicyclic) bond motifs is 3. The van der Waals surface area contributed by atoms with Crippen LogP contribution in [0.2, 0.25) is 0 Å². The van der Waals surface area contributed by atoms with Gasteiger partial charge < -0.3 is 16.0 Å². The quantitative estimate of drug-likeness (QED) is 0.516.